The van der Waals surface area contributed by atoms with E-state index >= 15 is 0 Å². The summed E-state index contributed by atoms with van der Waals surface area (Å²) in [5, 5.41) is 5.70. The number of imidazole rings is 1. The number of rotatable bonds is 5. The minimum absolute atomic E-state index is 0.473. The summed E-state index contributed by atoms with van der Waals surface area (Å²) < 4.78 is 10.4. The number of piperidine rings is 1. The molecular formula is C29H29N7O. The van der Waals surface area contributed by atoms with E-state index in [1.54, 1.807) is 0 Å². The quantitative estimate of drug-likeness (QED) is 0.303. The highest BCUT2D eigenvalue weighted by molar-refractivity contribution is 5.90. The molecule has 1 saturated heterocycles. The maximum Gasteiger partial charge on any atom is 0.240 e. The molecule has 0 amide bonds. The van der Waals surface area contributed by atoms with Crippen molar-refractivity contribution in [2.75, 3.05) is 26.7 Å². The molecule has 8 heteroatoms. The number of aryl methyl sites for hydroxylation is 2. The van der Waals surface area contributed by atoms with Crippen LogP contribution >= 0.6 is 0 Å². The molecule has 0 unspecified atom stereocenters. The van der Waals surface area contributed by atoms with Crippen molar-refractivity contribution in [1.29, 1.82) is 0 Å². The fourth-order valence-electron chi connectivity index (χ4n) is 5.43. The number of hydrogen-bond acceptors (Lipinski definition) is 5. The Balaban J connectivity index is 1.51. The van der Waals surface area contributed by atoms with Crippen molar-refractivity contribution in [2.24, 2.45) is 13.0 Å². The van der Waals surface area contributed by atoms with E-state index in [2.05, 4.69) is 49.5 Å². The van der Waals surface area contributed by atoms with Crippen LogP contribution < -0.4 is 4.74 Å². The predicted molar refractivity (Wildman–Crippen MR) is 145 cm³/mol. The van der Waals surface area contributed by atoms with Crippen LogP contribution in [-0.2, 0) is 7.05 Å². The molecule has 4 heterocycles. The standard InChI is InChI=1S/C29H29N7O/c1-19-24-14-22(9-12-25(24)35(4)33-19)28-27(21-7-10-23(30-2)11-8-21)32-29(26-15-31-18-36(26)28)37-17-20-6-5-13-34(3)16-20/h7-12,14-15,18,20H,5-6,13,16-17H2,1,3-4H3/t20-/m1/s1. The molecule has 6 rings (SSSR count). The molecular weight excluding hydrogens is 462 g/mol. The molecule has 2 aromatic carbocycles. The maximum absolute atomic E-state index is 7.35. The van der Waals surface area contributed by atoms with E-state index in [0.29, 0.717) is 24.1 Å². The normalized spacial score (nSPS) is 16.3. The van der Waals surface area contributed by atoms with Crippen molar-refractivity contribution in [1.82, 2.24) is 29.0 Å². The van der Waals surface area contributed by atoms with Crippen molar-refractivity contribution in [2.45, 2.75) is 19.8 Å². The first kappa shape index (κ1) is 23.2. The number of fused-ring (bicyclic) bond motifs is 2. The van der Waals surface area contributed by atoms with Gasteiger partial charge in [-0.1, -0.05) is 30.3 Å². The van der Waals surface area contributed by atoms with Gasteiger partial charge in [-0.05, 0) is 51.1 Å². The molecule has 37 heavy (non-hydrogen) atoms. The van der Waals surface area contributed by atoms with Crippen LogP contribution in [0.3, 0.4) is 0 Å². The lowest BCUT2D eigenvalue weighted by Gasteiger charge is -2.29. The molecule has 8 nitrogen and oxygen atoms in total. The largest absolute Gasteiger partial charge is 0.476 e. The number of nitrogens with zero attached hydrogens (tertiary/aromatic N) is 7. The van der Waals surface area contributed by atoms with E-state index in [0.717, 1.165) is 64.1 Å². The number of likely N-dealkylation sites (tertiary alicyclic amines) is 1. The zero-order chi connectivity index (χ0) is 25.5. The predicted octanol–water partition coefficient (Wildman–Crippen LogP) is 5.53. The molecule has 186 valence electrons. The van der Waals surface area contributed by atoms with Crippen LogP contribution in [0.25, 0.3) is 43.8 Å². The van der Waals surface area contributed by atoms with Gasteiger partial charge >= 0.3 is 0 Å². The Morgan fingerprint density at radius 2 is 1.89 bits per heavy atom. The summed E-state index contributed by atoms with van der Waals surface area (Å²) in [7, 11) is 4.13. The second-order valence-corrected chi connectivity index (χ2v) is 9.94. The number of hydrogen-bond donors (Lipinski definition) is 0. The van der Waals surface area contributed by atoms with E-state index in [1.807, 2.05) is 55.4 Å². The summed E-state index contributed by atoms with van der Waals surface area (Å²) in [5.41, 5.74) is 7.15. The Morgan fingerprint density at radius 1 is 1.08 bits per heavy atom. The Kier molecular flexibility index (Phi) is 5.85. The van der Waals surface area contributed by atoms with Gasteiger partial charge in [-0.15, -0.1) is 0 Å². The number of aromatic nitrogens is 5. The molecule has 0 N–H and O–H groups in total. The average molecular weight is 492 g/mol. The lowest BCUT2D eigenvalue weighted by molar-refractivity contribution is 0.148. The number of ether oxygens (including phenoxy) is 1. The van der Waals surface area contributed by atoms with E-state index < -0.39 is 0 Å². The van der Waals surface area contributed by atoms with E-state index in [9.17, 15) is 0 Å². The molecule has 0 aliphatic carbocycles. The number of benzene rings is 2. The van der Waals surface area contributed by atoms with Gasteiger partial charge in [0.25, 0.3) is 0 Å². The minimum Gasteiger partial charge on any atom is -0.476 e. The van der Waals surface area contributed by atoms with Crippen LogP contribution in [0.5, 0.6) is 5.88 Å². The third-order valence-electron chi connectivity index (χ3n) is 7.29. The zero-order valence-electron chi connectivity index (χ0n) is 21.3. The Bertz CT molecular complexity index is 1640. The van der Waals surface area contributed by atoms with Gasteiger partial charge in [-0.25, -0.2) is 14.8 Å². The lowest BCUT2D eigenvalue weighted by atomic mass is 9.99. The van der Waals surface area contributed by atoms with Crippen molar-refractivity contribution in [3.63, 3.8) is 0 Å². The summed E-state index contributed by atoms with van der Waals surface area (Å²) in [5.74, 6) is 1.05. The molecule has 3 aromatic heterocycles. The molecule has 1 aliphatic rings. The van der Waals surface area contributed by atoms with Gasteiger partial charge in [-0.2, -0.15) is 5.10 Å². The average Bonchev–Trinajstić information content (AvgIpc) is 3.51. The molecule has 0 saturated carbocycles. The molecule has 1 aliphatic heterocycles. The smallest absolute Gasteiger partial charge is 0.240 e. The molecule has 0 bridgehead atoms. The fraction of sp³-hybridized carbons (Fsp3) is 0.310. The molecule has 5 aromatic rings. The van der Waals surface area contributed by atoms with Gasteiger partial charge < -0.3 is 9.64 Å². The lowest BCUT2D eigenvalue weighted by Crippen LogP contribution is -2.34. The van der Waals surface area contributed by atoms with Crippen LogP contribution in [0, 0.1) is 19.4 Å². The van der Waals surface area contributed by atoms with E-state index in [1.165, 1.54) is 6.42 Å². The minimum atomic E-state index is 0.473. The first-order chi connectivity index (χ1) is 18.0. The first-order valence-electron chi connectivity index (χ1n) is 12.6. The summed E-state index contributed by atoms with van der Waals surface area (Å²) >= 11 is 0. The Morgan fingerprint density at radius 3 is 2.68 bits per heavy atom. The SMILES string of the molecule is [C-]#[N+]c1ccc(-c2nc(OC[C@@H]3CCCN(C)C3)c3cncn3c2-c2ccc3c(c2)c(C)nn3C)cc1. The second-order valence-electron chi connectivity index (χ2n) is 9.94. The zero-order valence-corrected chi connectivity index (χ0v) is 21.3. The van der Waals surface area contributed by atoms with Gasteiger partial charge in [0.2, 0.25) is 5.88 Å². The summed E-state index contributed by atoms with van der Waals surface area (Å²) in [6, 6.07) is 13.9. The van der Waals surface area contributed by atoms with Gasteiger partial charge in [0.05, 0.1) is 48.3 Å². The van der Waals surface area contributed by atoms with Crippen molar-refractivity contribution in [3.05, 3.63) is 72.1 Å². The third-order valence-corrected chi connectivity index (χ3v) is 7.29. The highest BCUT2D eigenvalue weighted by Gasteiger charge is 2.22. The van der Waals surface area contributed by atoms with Crippen molar-refractivity contribution >= 4 is 22.1 Å². The van der Waals surface area contributed by atoms with Crippen LogP contribution in [0.1, 0.15) is 18.5 Å². The van der Waals surface area contributed by atoms with Gasteiger partial charge in [0.1, 0.15) is 5.52 Å². The van der Waals surface area contributed by atoms with Crippen LogP contribution in [0.2, 0.25) is 0 Å². The van der Waals surface area contributed by atoms with E-state index in [4.69, 9.17) is 16.3 Å². The Labute approximate surface area is 216 Å². The van der Waals surface area contributed by atoms with Crippen LogP contribution in [0.15, 0.2) is 55.0 Å². The highest BCUT2D eigenvalue weighted by Crippen LogP contribution is 2.37. The monoisotopic (exact) mass is 491 g/mol. The van der Waals surface area contributed by atoms with Crippen LogP contribution in [-0.4, -0.2) is 55.8 Å². The Hall–Kier alpha value is -4.22. The van der Waals surface area contributed by atoms with Gasteiger partial charge in [-0.3, -0.25) is 9.08 Å². The third kappa shape index (κ3) is 4.21. The molecule has 1 atom stereocenters. The topological polar surface area (TPSA) is 64.8 Å². The summed E-state index contributed by atoms with van der Waals surface area (Å²) in [4.78, 5) is 15.5. The first-order valence-corrected chi connectivity index (χ1v) is 12.6. The second kappa shape index (κ2) is 9.34. The van der Waals surface area contributed by atoms with Crippen LogP contribution in [0.4, 0.5) is 5.69 Å². The molecule has 0 radical (unpaired) electrons. The highest BCUT2D eigenvalue weighted by atomic mass is 16.5. The van der Waals surface area contributed by atoms with Crippen molar-refractivity contribution in [3.8, 4) is 28.4 Å². The van der Waals surface area contributed by atoms with Gasteiger partial charge in [0.15, 0.2) is 5.69 Å². The maximum atomic E-state index is 7.35. The fourth-order valence-corrected chi connectivity index (χ4v) is 5.43. The van der Waals surface area contributed by atoms with Gasteiger partial charge in [0, 0.05) is 30.5 Å². The molecule has 1 fully saturated rings. The summed E-state index contributed by atoms with van der Waals surface area (Å²) in [6.07, 6.45) is 5.99. The summed E-state index contributed by atoms with van der Waals surface area (Å²) in [6.45, 7) is 12.2. The van der Waals surface area contributed by atoms with E-state index in [-0.39, 0.29) is 0 Å². The molecule has 0 spiro atoms. The van der Waals surface area contributed by atoms with Crippen molar-refractivity contribution < 1.29 is 4.74 Å².